The van der Waals surface area contributed by atoms with Gasteiger partial charge < -0.3 is 20.5 Å². The quantitative estimate of drug-likeness (QED) is 0.881. The van der Waals surface area contributed by atoms with Crippen LogP contribution in [0.1, 0.15) is 12.8 Å². The number of nitrogens with two attached hydrogens (primary N) is 1. The first-order chi connectivity index (χ1) is 9.46. The van der Waals surface area contributed by atoms with Gasteiger partial charge in [-0.2, -0.15) is 0 Å². The molecule has 3 N–H and O–H groups in total. The summed E-state index contributed by atoms with van der Waals surface area (Å²) in [5, 5.41) is 2.43. The third kappa shape index (κ3) is 2.88. The summed E-state index contributed by atoms with van der Waals surface area (Å²) >= 11 is 0. The molecule has 1 fully saturated rings. The topological polar surface area (TPSA) is 73.6 Å². The highest BCUT2D eigenvalue weighted by molar-refractivity contribution is 5.98. The fourth-order valence-corrected chi connectivity index (χ4v) is 2.05. The van der Waals surface area contributed by atoms with Crippen molar-refractivity contribution >= 4 is 11.6 Å². The Morgan fingerprint density at radius 1 is 1.35 bits per heavy atom. The molecule has 0 aromatic heterocycles. The third-order valence-corrected chi connectivity index (χ3v) is 3.30. The second-order valence-electron chi connectivity index (χ2n) is 4.70. The summed E-state index contributed by atoms with van der Waals surface area (Å²) in [6.07, 6.45) is 0.722. The third-order valence-electron chi connectivity index (χ3n) is 3.30. The number of methoxy groups -OCH3 is 1. The molecule has 0 spiro atoms. The molecule has 0 radical (unpaired) electrons. The Morgan fingerprint density at radius 2 is 1.90 bits per heavy atom. The highest BCUT2D eigenvalue weighted by atomic mass is 19.1. The van der Waals surface area contributed by atoms with Crippen molar-refractivity contribution in [1.82, 2.24) is 0 Å². The van der Waals surface area contributed by atoms with Gasteiger partial charge >= 0.3 is 0 Å². The van der Waals surface area contributed by atoms with Gasteiger partial charge in [0.15, 0.2) is 17.4 Å². The van der Waals surface area contributed by atoms with Gasteiger partial charge in [-0.25, -0.2) is 8.78 Å². The number of carbonyl (C=O) groups excluding carboxylic acids is 1. The van der Waals surface area contributed by atoms with E-state index >= 15 is 0 Å². The van der Waals surface area contributed by atoms with Crippen molar-refractivity contribution in [2.75, 3.05) is 25.6 Å². The highest BCUT2D eigenvalue weighted by Crippen LogP contribution is 2.26. The number of hydrogen-bond acceptors (Lipinski definition) is 4. The Morgan fingerprint density at radius 3 is 2.40 bits per heavy atom. The standard InChI is InChI=1S/C13H16F2N2O3/c1-19-11-9(14)6-8(7-10(11)15)17-12(18)13(16)2-4-20-5-3-13/h6-7H,2-5,16H2,1H3,(H,17,18). The predicted octanol–water partition coefficient (Wildman–Crippen LogP) is 1.42. The van der Waals surface area contributed by atoms with Crippen LogP contribution in [0.2, 0.25) is 0 Å². The maximum absolute atomic E-state index is 13.5. The monoisotopic (exact) mass is 286 g/mol. The van der Waals surface area contributed by atoms with Gasteiger partial charge in [-0.1, -0.05) is 0 Å². The minimum Gasteiger partial charge on any atom is -0.491 e. The van der Waals surface area contributed by atoms with Crippen LogP contribution >= 0.6 is 0 Å². The number of carbonyl (C=O) groups is 1. The molecule has 0 bridgehead atoms. The molecule has 1 saturated heterocycles. The Kier molecular flexibility index (Phi) is 4.20. The Bertz CT molecular complexity index is 493. The molecule has 20 heavy (non-hydrogen) atoms. The molecule has 1 aliphatic rings. The van der Waals surface area contributed by atoms with Gasteiger partial charge in [-0.05, 0) is 12.8 Å². The van der Waals surface area contributed by atoms with E-state index in [9.17, 15) is 13.6 Å². The van der Waals surface area contributed by atoms with E-state index < -0.39 is 28.8 Å². The number of benzene rings is 1. The molecule has 2 rings (SSSR count). The van der Waals surface area contributed by atoms with E-state index in [0.29, 0.717) is 26.1 Å². The van der Waals surface area contributed by atoms with E-state index in [2.05, 4.69) is 10.1 Å². The zero-order valence-electron chi connectivity index (χ0n) is 11.0. The van der Waals surface area contributed by atoms with E-state index in [1.807, 2.05) is 0 Å². The lowest BCUT2D eigenvalue weighted by Gasteiger charge is -2.31. The highest BCUT2D eigenvalue weighted by Gasteiger charge is 2.36. The lowest BCUT2D eigenvalue weighted by molar-refractivity contribution is -0.124. The molecule has 0 aliphatic carbocycles. The number of halogens is 2. The number of nitrogens with one attached hydrogen (secondary N) is 1. The van der Waals surface area contributed by atoms with Gasteiger partial charge in [0.25, 0.3) is 0 Å². The van der Waals surface area contributed by atoms with Crippen LogP contribution in [0, 0.1) is 11.6 Å². The first kappa shape index (κ1) is 14.7. The smallest absolute Gasteiger partial charge is 0.244 e. The van der Waals surface area contributed by atoms with Crippen LogP contribution < -0.4 is 15.8 Å². The Balaban J connectivity index is 2.15. The maximum atomic E-state index is 13.5. The molecule has 110 valence electrons. The minimum absolute atomic E-state index is 0.00196. The number of ether oxygens (including phenoxy) is 2. The number of anilines is 1. The summed E-state index contributed by atoms with van der Waals surface area (Å²) in [5.41, 5.74) is 4.90. The van der Waals surface area contributed by atoms with Crippen molar-refractivity contribution in [2.45, 2.75) is 18.4 Å². The van der Waals surface area contributed by atoms with Crippen LogP contribution in [0.25, 0.3) is 0 Å². The summed E-state index contributed by atoms with van der Waals surface area (Å²) in [6.45, 7) is 0.768. The van der Waals surface area contributed by atoms with Crippen molar-refractivity contribution in [3.63, 3.8) is 0 Å². The second kappa shape index (κ2) is 5.72. The molecule has 1 aliphatic heterocycles. The zero-order valence-corrected chi connectivity index (χ0v) is 11.0. The molecule has 1 heterocycles. The molecule has 1 amide bonds. The SMILES string of the molecule is COc1c(F)cc(NC(=O)C2(N)CCOCC2)cc1F. The first-order valence-electron chi connectivity index (χ1n) is 6.17. The lowest BCUT2D eigenvalue weighted by atomic mass is 9.90. The summed E-state index contributed by atoms with van der Waals surface area (Å²) in [5.74, 6) is -2.75. The van der Waals surface area contributed by atoms with Crippen molar-refractivity contribution in [3.8, 4) is 5.75 Å². The lowest BCUT2D eigenvalue weighted by Crippen LogP contribution is -2.54. The minimum atomic E-state index is -1.08. The van der Waals surface area contributed by atoms with Gasteiger partial charge in [-0.15, -0.1) is 0 Å². The number of hydrogen-bond donors (Lipinski definition) is 2. The fraction of sp³-hybridized carbons (Fsp3) is 0.462. The largest absolute Gasteiger partial charge is 0.491 e. The van der Waals surface area contributed by atoms with Crippen LogP contribution in [0.15, 0.2) is 12.1 Å². The van der Waals surface area contributed by atoms with Gasteiger partial charge in [0, 0.05) is 31.0 Å². The molecule has 1 aromatic carbocycles. The van der Waals surface area contributed by atoms with E-state index in [-0.39, 0.29) is 5.69 Å². The summed E-state index contributed by atoms with van der Waals surface area (Å²) < 4.78 is 36.8. The Hall–Kier alpha value is -1.73. The Labute approximate surface area is 115 Å². The summed E-state index contributed by atoms with van der Waals surface area (Å²) in [4.78, 5) is 12.1. The van der Waals surface area contributed by atoms with E-state index in [1.165, 1.54) is 0 Å². The fourth-order valence-electron chi connectivity index (χ4n) is 2.05. The number of amides is 1. The molecule has 1 aromatic rings. The first-order valence-corrected chi connectivity index (χ1v) is 6.17. The molecule has 5 nitrogen and oxygen atoms in total. The van der Waals surface area contributed by atoms with Crippen LogP contribution in [0.5, 0.6) is 5.75 Å². The van der Waals surface area contributed by atoms with Crippen LogP contribution in [0.3, 0.4) is 0 Å². The van der Waals surface area contributed by atoms with E-state index in [1.54, 1.807) is 0 Å². The van der Waals surface area contributed by atoms with Crippen LogP contribution in [-0.4, -0.2) is 31.8 Å². The van der Waals surface area contributed by atoms with E-state index in [4.69, 9.17) is 10.5 Å². The second-order valence-corrected chi connectivity index (χ2v) is 4.70. The van der Waals surface area contributed by atoms with Gasteiger partial charge in [-0.3, -0.25) is 4.79 Å². The molecule has 0 unspecified atom stereocenters. The molecule has 0 saturated carbocycles. The molecular formula is C13H16F2N2O3. The van der Waals surface area contributed by atoms with E-state index in [0.717, 1.165) is 19.2 Å². The van der Waals surface area contributed by atoms with Gasteiger partial charge in [0.05, 0.1) is 7.11 Å². The van der Waals surface area contributed by atoms with Crippen LogP contribution in [0.4, 0.5) is 14.5 Å². The number of rotatable bonds is 3. The van der Waals surface area contributed by atoms with Crippen molar-refractivity contribution < 1.29 is 23.0 Å². The van der Waals surface area contributed by atoms with Crippen molar-refractivity contribution in [1.29, 1.82) is 0 Å². The normalized spacial score (nSPS) is 17.6. The summed E-state index contributed by atoms with van der Waals surface area (Å²) in [6, 6.07) is 1.98. The van der Waals surface area contributed by atoms with Gasteiger partial charge in [0.2, 0.25) is 5.91 Å². The summed E-state index contributed by atoms with van der Waals surface area (Å²) in [7, 11) is 1.16. The average molecular weight is 286 g/mol. The predicted molar refractivity (Wildman–Crippen MR) is 68.5 cm³/mol. The molecular weight excluding hydrogens is 270 g/mol. The van der Waals surface area contributed by atoms with Crippen molar-refractivity contribution in [2.24, 2.45) is 5.73 Å². The van der Waals surface area contributed by atoms with Crippen molar-refractivity contribution in [3.05, 3.63) is 23.8 Å². The van der Waals surface area contributed by atoms with Gasteiger partial charge in [0.1, 0.15) is 5.54 Å². The molecule has 7 heteroatoms. The average Bonchev–Trinajstić information content (AvgIpc) is 2.39. The molecule has 0 atom stereocenters. The maximum Gasteiger partial charge on any atom is 0.244 e. The zero-order chi connectivity index (χ0) is 14.8. The van der Waals surface area contributed by atoms with Crippen LogP contribution in [-0.2, 0) is 9.53 Å².